The standard InChI is InChI=1S/C19H22N2O3S3/c1-19(2,3)15-9-20-16(24-15)11-25-17-10-21-18(27-17)26-12-6-7-13(22-4)14(8-12)23-5/h6-10H,11H2,1-5H3. The highest BCUT2D eigenvalue weighted by Gasteiger charge is 2.19. The molecule has 0 aliphatic carbocycles. The lowest BCUT2D eigenvalue weighted by molar-refractivity contribution is 0.354. The number of nitrogens with zero attached hydrogens (tertiary/aromatic N) is 2. The fourth-order valence-electron chi connectivity index (χ4n) is 2.20. The number of ether oxygens (including phenoxy) is 2. The summed E-state index contributed by atoms with van der Waals surface area (Å²) in [6, 6.07) is 5.86. The van der Waals surface area contributed by atoms with Crippen molar-refractivity contribution in [2.24, 2.45) is 0 Å². The van der Waals surface area contributed by atoms with Crippen LogP contribution in [0, 0.1) is 0 Å². The van der Waals surface area contributed by atoms with E-state index in [1.807, 2.05) is 30.6 Å². The van der Waals surface area contributed by atoms with Gasteiger partial charge in [-0.05, 0) is 18.2 Å². The van der Waals surface area contributed by atoms with E-state index in [-0.39, 0.29) is 5.41 Å². The molecule has 0 saturated carbocycles. The van der Waals surface area contributed by atoms with E-state index in [4.69, 9.17) is 13.9 Å². The van der Waals surface area contributed by atoms with E-state index in [1.54, 1.807) is 49.1 Å². The topological polar surface area (TPSA) is 57.4 Å². The molecule has 0 N–H and O–H groups in total. The Morgan fingerprint density at radius 3 is 2.52 bits per heavy atom. The number of hydrogen-bond donors (Lipinski definition) is 0. The van der Waals surface area contributed by atoms with Gasteiger partial charge in [-0.1, -0.05) is 32.5 Å². The van der Waals surface area contributed by atoms with Gasteiger partial charge in [0.25, 0.3) is 0 Å². The second kappa shape index (κ2) is 8.58. The van der Waals surface area contributed by atoms with Gasteiger partial charge in [-0.15, -0.1) is 23.1 Å². The summed E-state index contributed by atoms with van der Waals surface area (Å²) in [6.45, 7) is 6.35. The van der Waals surface area contributed by atoms with E-state index in [1.165, 1.54) is 0 Å². The van der Waals surface area contributed by atoms with Crippen molar-refractivity contribution >= 4 is 34.9 Å². The Bertz CT molecular complexity index is 900. The third-order valence-electron chi connectivity index (χ3n) is 3.65. The molecule has 3 rings (SSSR count). The van der Waals surface area contributed by atoms with Gasteiger partial charge in [0.1, 0.15) is 5.76 Å². The van der Waals surface area contributed by atoms with Gasteiger partial charge >= 0.3 is 0 Å². The third-order valence-corrected chi connectivity index (χ3v) is 6.90. The van der Waals surface area contributed by atoms with Gasteiger partial charge in [-0.3, -0.25) is 0 Å². The molecular formula is C19H22N2O3S3. The predicted octanol–water partition coefficient (Wildman–Crippen LogP) is 5.89. The zero-order valence-corrected chi connectivity index (χ0v) is 18.4. The second-order valence-corrected chi connectivity index (χ2v) is 10.3. The van der Waals surface area contributed by atoms with Crippen molar-refractivity contribution in [3.05, 3.63) is 42.2 Å². The first-order valence-corrected chi connectivity index (χ1v) is 10.9. The molecule has 5 nitrogen and oxygen atoms in total. The average Bonchev–Trinajstić information content (AvgIpc) is 3.29. The van der Waals surface area contributed by atoms with E-state index >= 15 is 0 Å². The molecule has 3 aromatic rings. The van der Waals surface area contributed by atoms with Crippen molar-refractivity contribution in [1.29, 1.82) is 0 Å². The molecule has 0 spiro atoms. The van der Waals surface area contributed by atoms with Crippen molar-refractivity contribution in [2.75, 3.05) is 14.2 Å². The van der Waals surface area contributed by atoms with Crippen molar-refractivity contribution < 1.29 is 13.9 Å². The zero-order valence-electron chi connectivity index (χ0n) is 15.9. The largest absolute Gasteiger partial charge is 0.493 e. The molecule has 0 saturated heterocycles. The molecule has 0 bridgehead atoms. The number of rotatable bonds is 7. The molecule has 0 aliphatic rings. The summed E-state index contributed by atoms with van der Waals surface area (Å²) in [4.78, 5) is 9.93. The minimum atomic E-state index is -0.0242. The van der Waals surface area contributed by atoms with Gasteiger partial charge in [0.05, 0.1) is 36.6 Å². The van der Waals surface area contributed by atoms with Crippen LogP contribution in [0.5, 0.6) is 11.5 Å². The lowest BCUT2D eigenvalue weighted by atomic mass is 9.94. The molecule has 0 unspecified atom stereocenters. The molecule has 27 heavy (non-hydrogen) atoms. The third kappa shape index (κ3) is 5.21. The van der Waals surface area contributed by atoms with Crippen LogP contribution in [0.1, 0.15) is 32.4 Å². The smallest absolute Gasteiger partial charge is 0.204 e. The van der Waals surface area contributed by atoms with Crippen LogP contribution >= 0.6 is 34.9 Å². The van der Waals surface area contributed by atoms with Gasteiger partial charge in [-0.2, -0.15) is 0 Å². The quantitative estimate of drug-likeness (QED) is 0.440. The molecule has 2 heterocycles. The Kier molecular flexibility index (Phi) is 6.39. The van der Waals surface area contributed by atoms with E-state index in [0.29, 0.717) is 11.5 Å². The summed E-state index contributed by atoms with van der Waals surface area (Å²) in [5.74, 6) is 3.78. The lowest BCUT2D eigenvalue weighted by Gasteiger charge is -2.12. The number of methoxy groups -OCH3 is 2. The van der Waals surface area contributed by atoms with Crippen LogP contribution in [0.25, 0.3) is 0 Å². The Balaban J connectivity index is 1.61. The fraction of sp³-hybridized carbons (Fsp3) is 0.368. The molecule has 1 aromatic carbocycles. The number of hydrogen-bond acceptors (Lipinski definition) is 8. The number of aromatic nitrogens is 2. The lowest BCUT2D eigenvalue weighted by Crippen LogP contribution is -2.09. The molecule has 0 aliphatic heterocycles. The molecule has 144 valence electrons. The molecule has 2 aromatic heterocycles. The predicted molar refractivity (Wildman–Crippen MR) is 111 cm³/mol. The van der Waals surface area contributed by atoms with E-state index in [2.05, 4.69) is 30.7 Å². The molecular weight excluding hydrogens is 400 g/mol. The first-order chi connectivity index (χ1) is 12.9. The van der Waals surface area contributed by atoms with Crippen LogP contribution in [0.2, 0.25) is 0 Å². The maximum atomic E-state index is 5.84. The Labute approximate surface area is 171 Å². The van der Waals surface area contributed by atoms with Crippen LogP contribution < -0.4 is 9.47 Å². The van der Waals surface area contributed by atoms with Gasteiger partial charge in [0.2, 0.25) is 5.89 Å². The minimum absolute atomic E-state index is 0.0242. The monoisotopic (exact) mass is 422 g/mol. The summed E-state index contributed by atoms with van der Waals surface area (Å²) in [7, 11) is 3.27. The van der Waals surface area contributed by atoms with Gasteiger partial charge in [-0.25, -0.2) is 9.97 Å². The normalized spacial score (nSPS) is 11.6. The summed E-state index contributed by atoms with van der Waals surface area (Å²) >= 11 is 4.95. The van der Waals surface area contributed by atoms with Crippen molar-refractivity contribution in [1.82, 2.24) is 9.97 Å². The van der Waals surface area contributed by atoms with Gasteiger partial charge in [0, 0.05) is 10.3 Å². The Morgan fingerprint density at radius 1 is 1.07 bits per heavy atom. The highest BCUT2D eigenvalue weighted by molar-refractivity contribution is 8.03. The number of thioether (sulfide) groups is 1. The summed E-state index contributed by atoms with van der Waals surface area (Å²) < 4.78 is 18.6. The number of benzene rings is 1. The second-order valence-electron chi connectivity index (χ2n) is 6.72. The summed E-state index contributed by atoms with van der Waals surface area (Å²) in [6.07, 6.45) is 3.72. The fourth-order valence-corrected chi connectivity index (χ4v) is 5.25. The van der Waals surface area contributed by atoms with Crippen LogP contribution in [0.4, 0.5) is 0 Å². The zero-order chi connectivity index (χ0) is 19.4. The van der Waals surface area contributed by atoms with E-state index < -0.39 is 0 Å². The van der Waals surface area contributed by atoms with Crippen LogP contribution in [0.3, 0.4) is 0 Å². The average molecular weight is 423 g/mol. The molecule has 0 fully saturated rings. The van der Waals surface area contributed by atoms with Crippen molar-refractivity contribution in [3.63, 3.8) is 0 Å². The minimum Gasteiger partial charge on any atom is -0.493 e. The van der Waals surface area contributed by atoms with Gasteiger partial charge in [0.15, 0.2) is 15.8 Å². The highest BCUT2D eigenvalue weighted by atomic mass is 32.2. The highest BCUT2D eigenvalue weighted by Crippen LogP contribution is 2.39. The molecule has 0 amide bonds. The molecule has 8 heteroatoms. The first kappa shape index (κ1) is 20.1. The molecule has 0 atom stereocenters. The number of oxazole rings is 1. The van der Waals surface area contributed by atoms with Crippen LogP contribution in [-0.4, -0.2) is 24.2 Å². The summed E-state index contributed by atoms with van der Waals surface area (Å²) in [5.41, 5.74) is -0.0242. The van der Waals surface area contributed by atoms with Gasteiger partial charge < -0.3 is 13.9 Å². The molecule has 0 radical (unpaired) electrons. The first-order valence-electron chi connectivity index (χ1n) is 8.32. The maximum Gasteiger partial charge on any atom is 0.204 e. The summed E-state index contributed by atoms with van der Waals surface area (Å²) in [5, 5.41) is 0. The Hall–Kier alpha value is -1.64. The van der Waals surface area contributed by atoms with E-state index in [0.717, 1.165) is 30.8 Å². The van der Waals surface area contributed by atoms with E-state index in [9.17, 15) is 0 Å². The van der Waals surface area contributed by atoms with Crippen LogP contribution in [0.15, 0.2) is 48.5 Å². The van der Waals surface area contributed by atoms with Crippen molar-refractivity contribution in [3.8, 4) is 11.5 Å². The van der Waals surface area contributed by atoms with Crippen LogP contribution in [-0.2, 0) is 11.2 Å². The SMILES string of the molecule is COc1ccc(Sc2ncc(SCc3ncc(C(C)(C)C)o3)s2)cc1OC. The Morgan fingerprint density at radius 2 is 1.85 bits per heavy atom. The van der Waals surface area contributed by atoms with Crippen molar-refractivity contribution in [2.45, 2.75) is 45.4 Å². The number of thiazole rings is 1. The maximum absolute atomic E-state index is 5.84.